The van der Waals surface area contributed by atoms with Crippen LogP contribution < -0.4 is 20.7 Å². The molecule has 1 aliphatic heterocycles. The highest BCUT2D eigenvalue weighted by Gasteiger charge is 2.22. The molecule has 32 heavy (non-hydrogen) atoms. The number of carbonyl (C=O) groups is 2. The first-order valence-corrected chi connectivity index (χ1v) is 10.3. The predicted octanol–water partition coefficient (Wildman–Crippen LogP) is 2.18. The summed E-state index contributed by atoms with van der Waals surface area (Å²) >= 11 is 0. The number of ether oxygens (including phenoxy) is 2. The molecule has 12 nitrogen and oxygen atoms in total. The molecule has 1 aliphatic rings. The zero-order valence-electron chi connectivity index (χ0n) is 18.1. The number of carbonyl (C=O) groups excluding carboxylic acids is 2. The van der Waals surface area contributed by atoms with E-state index in [2.05, 4.69) is 25.3 Å². The first kappa shape index (κ1) is 23.0. The summed E-state index contributed by atoms with van der Waals surface area (Å²) in [5, 5.41) is 6.54. The number of benzene rings is 1. The van der Waals surface area contributed by atoms with Gasteiger partial charge in [-0.3, -0.25) is 9.59 Å². The lowest BCUT2D eigenvalue weighted by molar-refractivity contribution is -0.130. The van der Waals surface area contributed by atoms with Crippen molar-refractivity contribution in [2.24, 2.45) is 5.11 Å². The zero-order chi connectivity index (χ0) is 23.1. The summed E-state index contributed by atoms with van der Waals surface area (Å²) in [5.41, 5.74) is 15.2. The summed E-state index contributed by atoms with van der Waals surface area (Å²) < 4.78 is 10.6. The first-order chi connectivity index (χ1) is 15.4. The fourth-order valence-electron chi connectivity index (χ4n) is 3.45. The third-order valence-electron chi connectivity index (χ3n) is 5.18. The van der Waals surface area contributed by atoms with Crippen molar-refractivity contribution < 1.29 is 19.1 Å². The third kappa shape index (κ3) is 5.34. The molecule has 2 heterocycles. The number of fused-ring (bicyclic) bond motifs is 1. The van der Waals surface area contributed by atoms with Gasteiger partial charge in [0, 0.05) is 37.0 Å². The van der Waals surface area contributed by atoms with E-state index in [0.717, 1.165) is 25.7 Å². The number of hydrogen-bond donors (Lipinski definition) is 2. The first-order valence-electron chi connectivity index (χ1n) is 10.3. The Kier molecular flexibility index (Phi) is 7.63. The van der Waals surface area contributed by atoms with Gasteiger partial charge >= 0.3 is 0 Å². The van der Waals surface area contributed by atoms with Crippen LogP contribution in [-0.4, -0.2) is 61.7 Å². The van der Waals surface area contributed by atoms with Gasteiger partial charge in [0.15, 0.2) is 0 Å². The topological polar surface area (TPSA) is 168 Å². The highest BCUT2D eigenvalue weighted by Crippen LogP contribution is 2.29. The fourth-order valence-corrected chi connectivity index (χ4v) is 3.45. The Morgan fingerprint density at radius 1 is 1.41 bits per heavy atom. The molecule has 0 aliphatic carbocycles. The Bertz CT molecular complexity index is 1050. The second-order valence-corrected chi connectivity index (χ2v) is 7.39. The molecule has 2 aromatic rings. The molecule has 3 N–H and O–H groups in total. The number of unbranched alkanes of at least 4 members (excludes halogenated alkanes) is 1. The van der Waals surface area contributed by atoms with Gasteiger partial charge in [0.25, 0.3) is 5.91 Å². The Labute approximate surface area is 184 Å². The normalized spacial score (nSPS) is 15.2. The molecular weight excluding hydrogens is 416 g/mol. The van der Waals surface area contributed by atoms with Gasteiger partial charge in [-0.15, -0.1) is 0 Å². The van der Waals surface area contributed by atoms with Crippen LogP contribution in [0, 0.1) is 0 Å². The summed E-state index contributed by atoms with van der Waals surface area (Å²) in [7, 11) is 3.23. The molecular formula is C20H26N8O4. The maximum absolute atomic E-state index is 12.1. The van der Waals surface area contributed by atoms with Crippen LogP contribution in [-0.2, 0) is 9.53 Å². The number of methoxy groups -OCH3 is 1. The van der Waals surface area contributed by atoms with Crippen LogP contribution in [0.15, 0.2) is 17.2 Å². The van der Waals surface area contributed by atoms with Gasteiger partial charge in [-0.25, -0.2) is 4.98 Å². The molecule has 1 atom stereocenters. The molecule has 0 radical (unpaired) electrons. The van der Waals surface area contributed by atoms with Crippen molar-refractivity contribution in [3.05, 3.63) is 28.1 Å². The van der Waals surface area contributed by atoms with Gasteiger partial charge < -0.3 is 25.4 Å². The lowest BCUT2D eigenvalue weighted by Crippen LogP contribution is -2.35. The minimum Gasteiger partial charge on any atom is -0.496 e. The summed E-state index contributed by atoms with van der Waals surface area (Å²) in [6, 6.07) is 3.02. The number of hydrogen-bond acceptors (Lipinski definition) is 8. The third-order valence-corrected chi connectivity index (χ3v) is 5.18. The number of nitrogens with zero attached hydrogens (tertiary/aromatic N) is 6. The number of amides is 2. The van der Waals surface area contributed by atoms with Crippen molar-refractivity contribution in [3.63, 3.8) is 0 Å². The molecule has 0 saturated carbocycles. The highest BCUT2D eigenvalue weighted by atomic mass is 16.5. The van der Waals surface area contributed by atoms with E-state index in [9.17, 15) is 9.59 Å². The van der Waals surface area contributed by atoms with Gasteiger partial charge in [-0.2, -0.15) is 4.98 Å². The van der Waals surface area contributed by atoms with Crippen molar-refractivity contribution in [2.45, 2.75) is 31.8 Å². The van der Waals surface area contributed by atoms with Gasteiger partial charge in [0.2, 0.25) is 11.9 Å². The number of nitrogens with two attached hydrogens (primary N) is 1. The lowest BCUT2D eigenvalue weighted by atomic mass is 10.1. The van der Waals surface area contributed by atoms with Crippen molar-refractivity contribution in [3.8, 4) is 5.75 Å². The molecule has 1 aromatic heterocycles. The van der Waals surface area contributed by atoms with Crippen LogP contribution >= 0.6 is 0 Å². The van der Waals surface area contributed by atoms with Crippen LogP contribution in [0.1, 0.15) is 36.0 Å². The maximum atomic E-state index is 12.1. The zero-order valence-corrected chi connectivity index (χ0v) is 18.1. The number of azide groups is 1. The Balaban J connectivity index is 1.64. The molecule has 0 spiro atoms. The quantitative estimate of drug-likeness (QED) is 0.258. The summed E-state index contributed by atoms with van der Waals surface area (Å²) in [6.45, 7) is 1.85. The van der Waals surface area contributed by atoms with Crippen molar-refractivity contribution in [1.29, 1.82) is 0 Å². The Morgan fingerprint density at radius 3 is 2.91 bits per heavy atom. The Hall–Kier alpha value is -3.63. The molecule has 1 saturated heterocycles. The smallest absolute Gasteiger partial charge is 0.252 e. The fraction of sp³-hybridized carbons (Fsp3) is 0.500. The highest BCUT2D eigenvalue weighted by molar-refractivity contribution is 6.03. The van der Waals surface area contributed by atoms with Gasteiger partial charge in [0.05, 0.1) is 18.2 Å². The van der Waals surface area contributed by atoms with Crippen LogP contribution in [0.2, 0.25) is 0 Å². The average Bonchev–Trinajstić information content (AvgIpc) is 3.33. The second-order valence-electron chi connectivity index (χ2n) is 7.39. The minimum atomic E-state index is -0.775. The van der Waals surface area contributed by atoms with E-state index in [1.54, 1.807) is 6.07 Å². The number of nitrogens with one attached hydrogen (secondary N) is 1. The summed E-state index contributed by atoms with van der Waals surface area (Å²) in [6.07, 6.45) is 2.96. The van der Waals surface area contributed by atoms with E-state index in [1.807, 2.05) is 11.9 Å². The van der Waals surface area contributed by atoms with Gasteiger partial charge in [-0.05, 0) is 48.5 Å². The van der Waals surface area contributed by atoms with Crippen LogP contribution in [0.25, 0.3) is 21.3 Å². The molecule has 3 rings (SSSR count). The van der Waals surface area contributed by atoms with E-state index in [0.29, 0.717) is 36.5 Å². The molecule has 2 amide bonds. The lowest BCUT2D eigenvalue weighted by Gasteiger charge is -2.18. The van der Waals surface area contributed by atoms with Crippen LogP contribution in [0.4, 0.5) is 11.8 Å². The van der Waals surface area contributed by atoms with Crippen molar-refractivity contribution in [1.82, 2.24) is 15.3 Å². The number of anilines is 2. The molecule has 12 heteroatoms. The van der Waals surface area contributed by atoms with E-state index >= 15 is 0 Å². The number of rotatable bonds is 9. The minimum absolute atomic E-state index is 0.0528. The SMILES string of the molecule is COc1cc2c(N)nc(N(C)CCCCNC(=O)C3CCCO3)nc2cc1C(=O)N=[N+]=[N-]. The van der Waals surface area contributed by atoms with E-state index in [-0.39, 0.29) is 29.1 Å². The average molecular weight is 442 g/mol. The number of nitrogen functional groups attached to an aromatic ring is 1. The standard InChI is InChI=1S/C20H26N8O4/c1-28(8-4-3-7-23-19(30)15-6-5-9-32-15)20-24-14-10-13(18(29)26-27-22)16(31-2)11-12(14)17(21)25-20/h10-11,15H,3-9H2,1-2H3,(H,23,30)(H2,21,24,25). The van der Waals surface area contributed by atoms with E-state index in [1.165, 1.54) is 13.2 Å². The Morgan fingerprint density at radius 2 is 2.22 bits per heavy atom. The largest absolute Gasteiger partial charge is 0.496 e. The maximum Gasteiger partial charge on any atom is 0.252 e. The van der Waals surface area contributed by atoms with Gasteiger partial charge in [0.1, 0.15) is 17.7 Å². The van der Waals surface area contributed by atoms with E-state index in [4.69, 9.17) is 20.7 Å². The molecule has 1 unspecified atom stereocenters. The molecule has 1 fully saturated rings. The summed E-state index contributed by atoms with van der Waals surface area (Å²) in [4.78, 5) is 37.3. The molecule has 0 bridgehead atoms. The van der Waals surface area contributed by atoms with Crippen molar-refractivity contribution in [2.75, 3.05) is 44.5 Å². The monoisotopic (exact) mass is 442 g/mol. The van der Waals surface area contributed by atoms with Crippen LogP contribution in [0.5, 0.6) is 5.75 Å². The molecule has 170 valence electrons. The number of aromatic nitrogens is 2. The second kappa shape index (κ2) is 10.6. The predicted molar refractivity (Wildman–Crippen MR) is 118 cm³/mol. The van der Waals surface area contributed by atoms with Gasteiger partial charge in [-0.1, -0.05) is 0 Å². The molecule has 1 aromatic carbocycles. The van der Waals surface area contributed by atoms with Crippen molar-refractivity contribution >= 4 is 34.5 Å². The van der Waals surface area contributed by atoms with Crippen LogP contribution in [0.3, 0.4) is 0 Å². The summed E-state index contributed by atoms with van der Waals surface area (Å²) in [5.74, 6) is 0.0234. The van der Waals surface area contributed by atoms with E-state index < -0.39 is 5.91 Å².